The first-order valence-corrected chi connectivity index (χ1v) is 8.80. The fourth-order valence-corrected chi connectivity index (χ4v) is 2.96. The molecule has 0 bridgehead atoms. The van der Waals surface area contributed by atoms with Gasteiger partial charge in [-0.1, -0.05) is 0 Å². The molecule has 0 amide bonds. The van der Waals surface area contributed by atoms with Crippen molar-refractivity contribution in [2.75, 3.05) is 19.8 Å². The highest BCUT2D eigenvalue weighted by Gasteiger charge is 2.50. The van der Waals surface area contributed by atoms with Gasteiger partial charge in [-0.2, -0.15) is 0 Å². The average Bonchev–Trinajstić information content (AvgIpc) is 2.70. The maximum atomic E-state index is 10.7. The van der Waals surface area contributed by atoms with Crippen LogP contribution in [0.15, 0.2) is 0 Å². The Kier molecular flexibility index (Phi) is 8.65. The minimum Gasteiger partial charge on any atom is -0.480 e. The Morgan fingerprint density at radius 2 is 1.41 bits per heavy atom. The van der Waals surface area contributed by atoms with Crippen LogP contribution in [0, 0.1) is 0 Å². The fourth-order valence-electron chi connectivity index (χ4n) is 2.96. The molecule has 29 heavy (non-hydrogen) atoms. The zero-order chi connectivity index (χ0) is 21.9. The van der Waals surface area contributed by atoms with Crippen molar-refractivity contribution in [3.63, 3.8) is 0 Å². The molecule has 2 fully saturated rings. The number of carboxylic acid groups (broad SMARTS) is 1. The minimum atomic E-state index is -1.78. The maximum Gasteiger partial charge on any atom is 0.322 e. The SMILES string of the molecule is N[C@@H](CO[C@@H]1OC(CO)[C@@H](O[C@@H]2OC(CO)[C@H](O)C(O)C2O)C(O)C1O)C(=O)O. The molecule has 0 aromatic heterocycles. The highest BCUT2D eigenvalue weighted by molar-refractivity contribution is 5.73. The highest BCUT2D eigenvalue weighted by Crippen LogP contribution is 2.29. The average molecular weight is 429 g/mol. The van der Waals surface area contributed by atoms with Gasteiger partial charge in [-0.25, -0.2) is 0 Å². The van der Waals surface area contributed by atoms with E-state index in [0.29, 0.717) is 0 Å². The summed E-state index contributed by atoms with van der Waals surface area (Å²) in [4.78, 5) is 10.7. The van der Waals surface area contributed by atoms with Crippen molar-refractivity contribution in [3.8, 4) is 0 Å². The molecule has 0 spiro atoms. The number of aliphatic hydroxyl groups is 7. The molecule has 0 aliphatic carbocycles. The van der Waals surface area contributed by atoms with Crippen LogP contribution in [0.2, 0.25) is 0 Å². The van der Waals surface area contributed by atoms with Gasteiger partial charge in [0.2, 0.25) is 0 Å². The summed E-state index contributed by atoms with van der Waals surface area (Å²) in [6.45, 7) is -2.00. The van der Waals surface area contributed by atoms with Gasteiger partial charge in [-0.3, -0.25) is 4.79 Å². The number of carbonyl (C=O) groups is 1. The van der Waals surface area contributed by atoms with E-state index in [1.165, 1.54) is 0 Å². The van der Waals surface area contributed by atoms with Gasteiger partial charge in [0.1, 0.15) is 54.9 Å². The molecule has 14 nitrogen and oxygen atoms in total. The van der Waals surface area contributed by atoms with Crippen LogP contribution in [0.25, 0.3) is 0 Å². The van der Waals surface area contributed by atoms with Crippen molar-refractivity contribution >= 4 is 5.97 Å². The lowest BCUT2D eigenvalue weighted by molar-refractivity contribution is -0.359. The van der Waals surface area contributed by atoms with E-state index in [0.717, 1.165) is 0 Å². The number of rotatable bonds is 8. The summed E-state index contributed by atoms with van der Waals surface area (Å²) in [5.41, 5.74) is 5.29. The Hall–Kier alpha value is -1.01. The molecule has 10 N–H and O–H groups in total. The van der Waals surface area contributed by atoms with Crippen molar-refractivity contribution in [1.82, 2.24) is 0 Å². The number of hydrogen-bond acceptors (Lipinski definition) is 13. The number of nitrogens with two attached hydrogens (primary N) is 1. The monoisotopic (exact) mass is 429 g/mol. The minimum absolute atomic E-state index is 0.555. The number of carboxylic acids is 1. The Bertz CT molecular complexity index is 534. The van der Waals surface area contributed by atoms with E-state index in [1.54, 1.807) is 0 Å². The van der Waals surface area contributed by atoms with Crippen molar-refractivity contribution < 1.29 is 64.6 Å². The van der Waals surface area contributed by atoms with Crippen molar-refractivity contribution in [2.24, 2.45) is 5.73 Å². The summed E-state index contributed by atoms with van der Waals surface area (Å²) >= 11 is 0. The maximum absolute atomic E-state index is 10.7. The lowest BCUT2D eigenvalue weighted by atomic mass is 9.97. The lowest BCUT2D eigenvalue weighted by Crippen LogP contribution is -2.64. The van der Waals surface area contributed by atoms with Gasteiger partial charge in [-0.15, -0.1) is 0 Å². The summed E-state index contributed by atoms with van der Waals surface area (Å²) in [5, 5.41) is 77.6. The summed E-state index contributed by atoms with van der Waals surface area (Å²) in [6, 6.07) is -1.42. The number of aliphatic hydroxyl groups excluding tert-OH is 7. The second-order valence-electron chi connectivity index (χ2n) is 6.78. The molecule has 0 saturated carbocycles. The Morgan fingerprint density at radius 1 is 0.862 bits per heavy atom. The van der Waals surface area contributed by atoms with Gasteiger partial charge in [0.25, 0.3) is 0 Å². The molecule has 6 unspecified atom stereocenters. The van der Waals surface area contributed by atoms with Crippen LogP contribution in [0.4, 0.5) is 0 Å². The van der Waals surface area contributed by atoms with Crippen molar-refractivity contribution in [3.05, 3.63) is 0 Å². The number of aliphatic carboxylic acids is 1. The van der Waals surface area contributed by atoms with Gasteiger partial charge in [0.05, 0.1) is 19.8 Å². The third kappa shape index (κ3) is 5.38. The predicted octanol–water partition coefficient (Wildman–Crippen LogP) is -5.96. The molecule has 2 heterocycles. The van der Waals surface area contributed by atoms with Crippen LogP contribution in [0.3, 0.4) is 0 Å². The molecule has 2 rings (SSSR count). The van der Waals surface area contributed by atoms with E-state index >= 15 is 0 Å². The first-order chi connectivity index (χ1) is 13.6. The van der Waals surface area contributed by atoms with Gasteiger partial charge < -0.3 is 65.5 Å². The zero-order valence-electron chi connectivity index (χ0n) is 15.2. The molecule has 2 saturated heterocycles. The summed E-state index contributed by atoms with van der Waals surface area (Å²) in [5.74, 6) is -1.36. The zero-order valence-corrected chi connectivity index (χ0v) is 15.2. The van der Waals surface area contributed by atoms with Crippen LogP contribution in [0.5, 0.6) is 0 Å². The Morgan fingerprint density at radius 3 is 1.97 bits per heavy atom. The van der Waals surface area contributed by atoms with Gasteiger partial charge in [0, 0.05) is 0 Å². The van der Waals surface area contributed by atoms with Crippen LogP contribution < -0.4 is 5.73 Å². The molecule has 11 atom stereocenters. The Balaban J connectivity index is 2.06. The van der Waals surface area contributed by atoms with Crippen LogP contribution in [-0.2, 0) is 23.7 Å². The molecule has 0 aromatic rings. The third-order valence-corrected chi connectivity index (χ3v) is 4.72. The van der Waals surface area contributed by atoms with Gasteiger partial charge in [0.15, 0.2) is 12.6 Å². The molecule has 2 aliphatic rings. The van der Waals surface area contributed by atoms with Gasteiger partial charge in [-0.05, 0) is 0 Å². The van der Waals surface area contributed by atoms with Crippen LogP contribution in [-0.4, -0.2) is 134 Å². The quantitative estimate of drug-likeness (QED) is 0.174. The third-order valence-electron chi connectivity index (χ3n) is 4.72. The van der Waals surface area contributed by atoms with Crippen molar-refractivity contribution in [1.29, 1.82) is 0 Å². The van der Waals surface area contributed by atoms with Crippen LogP contribution >= 0.6 is 0 Å². The number of ether oxygens (including phenoxy) is 4. The highest BCUT2D eigenvalue weighted by atomic mass is 16.7. The smallest absolute Gasteiger partial charge is 0.322 e. The van der Waals surface area contributed by atoms with E-state index in [4.69, 9.17) is 29.8 Å². The van der Waals surface area contributed by atoms with E-state index in [1.807, 2.05) is 0 Å². The first kappa shape index (κ1) is 24.3. The van der Waals surface area contributed by atoms with E-state index in [2.05, 4.69) is 0 Å². The van der Waals surface area contributed by atoms with Crippen molar-refractivity contribution in [2.45, 2.75) is 67.5 Å². The lowest BCUT2D eigenvalue weighted by Gasteiger charge is -2.46. The standard InChI is InChI=1S/C15H27NO13/c16-4(13(24)25)3-26-14-11(23)9(21)12(6(2-18)28-14)29-15-10(22)8(20)7(19)5(1-17)27-15/h4-12,14-15,17-23H,1-3,16H2,(H,24,25)/t4-,5?,6?,7-,8?,9?,10?,11?,12+,14+,15-/m0/s1. The summed E-state index contributed by atoms with van der Waals surface area (Å²) < 4.78 is 20.9. The molecule has 170 valence electrons. The van der Waals surface area contributed by atoms with Crippen LogP contribution in [0.1, 0.15) is 0 Å². The molecular formula is C15H27NO13. The number of hydrogen-bond donors (Lipinski definition) is 9. The molecule has 14 heteroatoms. The largest absolute Gasteiger partial charge is 0.480 e. The second kappa shape index (κ2) is 10.3. The molecular weight excluding hydrogens is 402 g/mol. The normalized spacial score (nSPS) is 44.4. The van der Waals surface area contributed by atoms with E-state index in [-0.39, 0.29) is 0 Å². The second-order valence-corrected chi connectivity index (χ2v) is 6.78. The molecule has 0 aromatic carbocycles. The summed E-state index contributed by atoms with van der Waals surface area (Å²) in [6.07, 6.45) is -15.9. The topological polar surface area (TPSA) is 242 Å². The predicted molar refractivity (Wildman–Crippen MR) is 88.0 cm³/mol. The first-order valence-electron chi connectivity index (χ1n) is 8.80. The van der Waals surface area contributed by atoms with E-state index in [9.17, 15) is 40.5 Å². The van der Waals surface area contributed by atoms with Gasteiger partial charge >= 0.3 is 5.97 Å². The fraction of sp³-hybridized carbons (Fsp3) is 0.933. The van der Waals surface area contributed by atoms with E-state index < -0.39 is 93.2 Å². The molecule has 2 aliphatic heterocycles. The molecule has 0 radical (unpaired) electrons. The Labute approximate surface area is 164 Å². The summed E-state index contributed by atoms with van der Waals surface area (Å²) in [7, 11) is 0.